The summed E-state index contributed by atoms with van der Waals surface area (Å²) in [6.07, 6.45) is 7.51. The molecule has 1 saturated carbocycles. The Balaban J connectivity index is 1.78. The van der Waals surface area contributed by atoms with Crippen LogP contribution in [0.15, 0.2) is 35.5 Å². The number of hydrogen-bond acceptors (Lipinski definition) is 4. The minimum atomic E-state index is -0.274. The smallest absolute Gasteiger partial charge is 0.234 e. The predicted molar refractivity (Wildman–Crippen MR) is 94.7 cm³/mol. The van der Waals surface area contributed by atoms with Crippen molar-refractivity contribution >= 4 is 17.7 Å². The van der Waals surface area contributed by atoms with E-state index in [-0.39, 0.29) is 17.7 Å². The van der Waals surface area contributed by atoms with Gasteiger partial charge in [-0.25, -0.2) is 0 Å². The third-order valence-corrected chi connectivity index (χ3v) is 4.97. The summed E-state index contributed by atoms with van der Waals surface area (Å²) in [5.74, 6) is 3.86. The molecule has 1 aromatic heterocycles. The minimum absolute atomic E-state index is 0.0832. The first-order chi connectivity index (χ1) is 11.7. The molecule has 1 aromatic carbocycles. The molecule has 1 unspecified atom stereocenters. The molecular weight excluding hydrogens is 320 g/mol. The summed E-state index contributed by atoms with van der Waals surface area (Å²) in [6, 6.07) is 10.2. The molecular formula is C18H20N4OS. The lowest BCUT2D eigenvalue weighted by Gasteiger charge is -2.13. The quantitative estimate of drug-likeness (QED) is 0.621. The van der Waals surface area contributed by atoms with Crippen molar-refractivity contribution in [1.82, 2.24) is 20.1 Å². The molecule has 0 bridgehead atoms. The summed E-state index contributed by atoms with van der Waals surface area (Å²) in [6.45, 7) is 2.82. The van der Waals surface area contributed by atoms with Crippen molar-refractivity contribution in [2.24, 2.45) is 0 Å². The average Bonchev–Trinajstić information content (AvgIpc) is 3.37. The summed E-state index contributed by atoms with van der Waals surface area (Å²) in [7, 11) is 0. The van der Waals surface area contributed by atoms with Crippen LogP contribution in [0.3, 0.4) is 0 Å². The monoisotopic (exact) mass is 340 g/mol. The number of terminal acetylenes is 1. The molecule has 0 aliphatic heterocycles. The van der Waals surface area contributed by atoms with Gasteiger partial charge in [0.15, 0.2) is 5.16 Å². The number of carbonyl (C=O) groups is 1. The molecule has 0 spiro atoms. The van der Waals surface area contributed by atoms with E-state index in [1.807, 2.05) is 25.1 Å². The number of benzene rings is 1. The topological polar surface area (TPSA) is 59.8 Å². The Labute approximate surface area is 146 Å². The summed E-state index contributed by atoms with van der Waals surface area (Å²) in [5.41, 5.74) is 1.20. The minimum Gasteiger partial charge on any atom is -0.344 e. The Bertz CT molecular complexity index is 746. The number of rotatable bonds is 7. The number of carbonyl (C=O) groups excluding carboxylic acids is 1. The maximum absolute atomic E-state index is 12.0. The zero-order valence-electron chi connectivity index (χ0n) is 13.6. The van der Waals surface area contributed by atoms with Gasteiger partial charge in [-0.1, -0.05) is 48.0 Å². The van der Waals surface area contributed by atoms with Crippen molar-refractivity contribution in [2.45, 2.75) is 42.6 Å². The average molecular weight is 340 g/mol. The Morgan fingerprint density at radius 3 is 2.83 bits per heavy atom. The van der Waals surface area contributed by atoms with Gasteiger partial charge in [0, 0.05) is 5.92 Å². The fraction of sp³-hybridized carbons (Fsp3) is 0.389. The van der Waals surface area contributed by atoms with Crippen LogP contribution in [0.25, 0.3) is 0 Å². The lowest BCUT2D eigenvalue weighted by atomic mass is 10.2. The van der Waals surface area contributed by atoms with Crippen LogP contribution >= 0.6 is 11.8 Å². The van der Waals surface area contributed by atoms with Crippen LogP contribution in [0.4, 0.5) is 0 Å². The van der Waals surface area contributed by atoms with E-state index in [4.69, 9.17) is 6.42 Å². The lowest BCUT2D eigenvalue weighted by molar-refractivity contribution is -0.120. The van der Waals surface area contributed by atoms with Crippen molar-refractivity contribution in [3.05, 3.63) is 41.7 Å². The van der Waals surface area contributed by atoms with Crippen molar-refractivity contribution in [3.8, 4) is 12.3 Å². The Hall–Kier alpha value is -2.26. The van der Waals surface area contributed by atoms with Crippen LogP contribution in [-0.2, 0) is 11.3 Å². The van der Waals surface area contributed by atoms with E-state index in [1.165, 1.54) is 17.3 Å². The van der Waals surface area contributed by atoms with Gasteiger partial charge in [0.05, 0.1) is 18.3 Å². The largest absolute Gasteiger partial charge is 0.344 e. The van der Waals surface area contributed by atoms with Crippen LogP contribution in [0.2, 0.25) is 0 Å². The second kappa shape index (κ2) is 7.54. The highest BCUT2D eigenvalue weighted by Gasteiger charge is 2.31. The van der Waals surface area contributed by atoms with E-state index in [9.17, 15) is 4.79 Å². The Morgan fingerprint density at radius 2 is 2.17 bits per heavy atom. The molecule has 1 N–H and O–H groups in total. The second-order valence-corrected chi connectivity index (χ2v) is 7.18. The molecule has 6 heteroatoms. The number of aromatic nitrogens is 3. The van der Waals surface area contributed by atoms with E-state index in [1.54, 1.807) is 0 Å². The third kappa shape index (κ3) is 3.98. The zero-order chi connectivity index (χ0) is 16.9. The van der Waals surface area contributed by atoms with Crippen molar-refractivity contribution in [2.75, 3.05) is 6.54 Å². The van der Waals surface area contributed by atoms with Gasteiger partial charge in [-0.3, -0.25) is 4.79 Å². The fourth-order valence-corrected chi connectivity index (χ4v) is 3.32. The van der Waals surface area contributed by atoms with Crippen LogP contribution in [0.1, 0.15) is 37.1 Å². The molecule has 2 aromatic rings. The van der Waals surface area contributed by atoms with Gasteiger partial charge >= 0.3 is 0 Å². The maximum atomic E-state index is 12.0. The molecule has 0 saturated heterocycles. The molecule has 3 rings (SSSR count). The van der Waals surface area contributed by atoms with Gasteiger partial charge in [0.25, 0.3) is 0 Å². The van der Waals surface area contributed by atoms with Gasteiger partial charge in [-0.15, -0.1) is 16.6 Å². The van der Waals surface area contributed by atoms with E-state index >= 15 is 0 Å². The highest BCUT2D eigenvalue weighted by Crippen LogP contribution is 2.40. The maximum Gasteiger partial charge on any atom is 0.234 e. The van der Waals surface area contributed by atoms with Crippen LogP contribution in [0.5, 0.6) is 0 Å². The summed E-state index contributed by atoms with van der Waals surface area (Å²) < 4.78 is 2.14. The first-order valence-corrected chi connectivity index (χ1v) is 8.92. The van der Waals surface area contributed by atoms with Gasteiger partial charge in [-0.05, 0) is 25.3 Å². The van der Waals surface area contributed by atoms with Crippen molar-refractivity contribution in [1.29, 1.82) is 0 Å². The van der Waals surface area contributed by atoms with Crippen molar-refractivity contribution in [3.63, 3.8) is 0 Å². The zero-order valence-corrected chi connectivity index (χ0v) is 14.4. The van der Waals surface area contributed by atoms with Gasteiger partial charge in [0.1, 0.15) is 5.82 Å². The van der Waals surface area contributed by atoms with E-state index in [0.717, 1.165) is 30.4 Å². The van der Waals surface area contributed by atoms with Crippen LogP contribution in [-0.4, -0.2) is 32.5 Å². The number of nitrogens with zero attached hydrogens (tertiary/aromatic N) is 3. The van der Waals surface area contributed by atoms with Gasteiger partial charge in [-0.2, -0.15) is 0 Å². The van der Waals surface area contributed by atoms with Gasteiger partial charge in [0.2, 0.25) is 5.91 Å². The number of thioether (sulfide) groups is 1. The second-order valence-electron chi connectivity index (χ2n) is 5.87. The summed E-state index contributed by atoms with van der Waals surface area (Å²) >= 11 is 1.42. The summed E-state index contributed by atoms with van der Waals surface area (Å²) in [4.78, 5) is 12.0. The van der Waals surface area contributed by atoms with Crippen LogP contribution < -0.4 is 5.32 Å². The molecule has 1 atom stereocenters. The van der Waals surface area contributed by atoms with Gasteiger partial charge < -0.3 is 9.88 Å². The molecule has 1 aliphatic carbocycles. The molecule has 5 nitrogen and oxygen atoms in total. The molecule has 124 valence electrons. The Morgan fingerprint density at radius 1 is 1.42 bits per heavy atom. The predicted octanol–water partition coefficient (Wildman–Crippen LogP) is 2.43. The van der Waals surface area contributed by atoms with Crippen LogP contribution in [0, 0.1) is 12.3 Å². The number of nitrogens with one attached hydrogen (secondary N) is 1. The summed E-state index contributed by atoms with van der Waals surface area (Å²) in [5, 5.41) is 11.9. The lowest BCUT2D eigenvalue weighted by Crippen LogP contribution is -2.31. The van der Waals surface area contributed by atoms with E-state index in [2.05, 4.69) is 38.1 Å². The highest BCUT2D eigenvalue weighted by atomic mass is 32.2. The molecule has 24 heavy (non-hydrogen) atoms. The number of amides is 1. The highest BCUT2D eigenvalue weighted by molar-refractivity contribution is 8.00. The van der Waals surface area contributed by atoms with E-state index in [0.29, 0.717) is 5.92 Å². The van der Waals surface area contributed by atoms with Crippen molar-refractivity contribution < 1.29 is 4.79 Å². The molecule has 1 fully saturated rings. The van der Waals surface area contributed by atoms with E-state index < -0.39 is 0 Å². The molecule has 0 radical (unpaired) electrons. The normalized spacial score (nSPS) is 14.8. The first kappa shape index (κ1) is 16.6. The fourth-order valence-electron chi connectivity index (χ4n) is 2.44. The molecule has 1 aliphatic rings. The standard InChI is InChI=1S/C18H20N4OS/c1-3-11-19-17(23)13(2)24-18-21-20-16(15-9-10-15)22(18)12-14-7-5-4-6-8-14/h1,4-8,13,15H,9-12H2,2H3,(H,19,23). The molecule has 1 heterocycles. The molecule has 1 amide bonds. The third-order valence-electron chi connectivity index (χ3n) is 3.89. The SMILES string of the molecule is C#CCNC(=O)C(C)Sc1nnc(C2CC2)n1Cc1ccccc1. The Kier molecular flexibility index (Phi) is 5.21. The first-order valence-electron chi connectivity index (χ1n) is 8.04. The number of hydrogen-bond donors (Lipinski definition) is 1.